The maximum atomic E-state index is 6.31. The summed E-state index contributed by atoms with van der Waals surface area (Å²) in [6, 6.07) is 0. The van der Waals surface area contributed by atoms with Crippen LogP contribution in [0.5, 0.6) is 0 Å². The summed E-state index contributed by atoms with van der Waals surface area (Å²) in [5.41, 5.74) is 0. The van der Waals surface area contributed by atoms with Gasteiger partial charge in [-0.2, -0.15) is 0 Å². The Balaban J connectivity index is 1.80. The van der Waals surface area contributed by atoms with Crippen molar-refractivity contribution in [2.24, 2.45) is 11.8 Å². The molecular weight excluding hydrogens is 184 g/mol. The van der Waals surface area contributed by atoms with Gasteiger partial charge in [0.25, 0.3) is 0 Å². The van der Waals surface area contributed by atoms with Crippen molar-refractivity contribution < 1.29 is 4.74 Å². The average Bonchev–Trinajstić information content (AvgIpc) is 2.25. The molecule has 88 valence electrons. The van der Waals surface area contributed by atoms with Gasteiger partial charge in [-0.25, -0.2) is 0 Å². The molecule has 0 aliphatic heterocycles. The van der Waals surface area contributed by atoms with E-state index in [0.717, 1.165) is 11.8 Å². The van der Waals surface area contributed by atoms with E-state index in [2.05, 4.69) is 13.8 Å². The molecule has 3 atom stereocenters. The molecule has 2 aliphatic carbocycles. The maximum absolute atomic E-state index is 6.31. The first-order valence-corrected chi connectivity index (χ1v) is 6.91. The molecule has 0 N–H and O–H groups in total. The molecule has 0 aromatic rings. The molecule has 0 saturated heterocycles. The number of rotatable bonds is 2. The smallest absolute Gasteiger partial charge is 0.0606 e. The summed E-state index contributed by atoms with van der Waals surface area (Å²) < 4.78 is 6.31. The van der Waals surface area contributed by atoms with Gasteiger partial charge in [-0.3, -0.25) is 0 Å². The average molecular weight is 210 g/mol. The zero-order chi connectivity index (χ0) is 10.7. The van der Waals surface area contributed by atoms with E-state index in [9.17, 15) is 0 Å². The lowest BCUT2D eigenvalue weighted by atomic mass is 9.81. The highest BCUT2D eigenvalue weighted by molar-refractivity contribution is 4.78. The first-order valence-electron chi connectivity index (χ1n) is 6.91. The van der Waals surface area contributed by atoms with E-state index in [-0.39, 0.29) is 0 Å². The zero-order valence-corrected chi connectivity index (χ0v) is 10.4. The first kappa shape index (κ1) is 11.4. The van der Waals surface area contributed by atoms with E-state index >= 15 is 0 Å². The quantitative estimate of drug-likeness (QED) is 0.665. The van der Waals surface area contributed by atoms with Crippen molar-refractivity contribution in [2.75, 3.05) is 0 Å². The standard InChI is InChI=1S/C14H26O/c1-11-8-9-12(2)14(10-11)15-13-6-4-3-5-7-13/h11-14H,3-10H2,1-2H3. The van der Waals surface area contributed by atoms with E-state index in [4.69, 9.17) is 4.74 Å². The molecular formula is C14H26O. The van der Waals surface area contributed by atoms with Crippen LogP contribution in [0.3, 0.4) is 0 Å². The Labute approximate surface area is 94.6 Å². The van der Waals surface area contributed by atoms with Gasteiger partial charge in [0.05, 0.1) is 12.2 Å². The van der Waals surface area contributed by atoms with Crippen molar-refractivity contribution in [3.63, 3.8) is 0 Å². The molecule has 2 saturated carbocycles. The molecule has 0 bridgehead atoms. The Bertz CT molecular complexity index is 184. The lowest BCUT2D eigenvalue weighted by Crippen LogP contribution is -2.33. The number of ether oxygens (including phenoxy) is 1. The number of hydrogen-bond donors (Lipinski definition) is 0. The second-order valence-corrected chi connectivity index (χ2v) is 5.83. The Morgan fingerprint density at radius 2 is 1.60 bits per heavy atom. The van der Waals surface area contributed by atoms with Crippen molar-refractivity contribution in [3.8, 4) is 0 Å². The lowest BCUT2D eigenvalue weighted by Gasteiger charge is -2.36. The summed E-state index contributed by atoms with van der Waals surface area (Å²) in [6.07, 6.45) is 12.1. The summed E-state index contributed by atoms with van der Waals surface area (Å²) in [4.78, 5) is 0. The van der Waals surface area contributed by atoms with Crippen LogP contribution < -0.4 is 0 Å². The Morgan fingerprint density at radius 1 is 0.867 bits per heavy atom. The van der Waals surface area contributed by atoms with E-state index in [1.54, 1.807) is 0 Å². The minimum atomic E-state index is 0.567. The normalized spacial score (nSPS) is 39.2. The van der Waals surface area contributed by atoms with Crippen LogP contribution in [0.4, 0.5) is 0 Å². The summed E-state index contributed by atoms with van der Waals surface area (Å²) in [7, 11) is 0. The van der Waals surface area contributed by atoms with E-state index < -0.39 is 0 Å². The van der Waals surface area contributed by atoms with Crippen LogP contribution in [0.2, 0.25) is 0 Å². The molecule has 0 aromatic carbocycles. The van der Waals surface area contributed by atoms with Crippen molar-refractivity contribution in [1.29, 1.82) is 0 Å². The third kappa shape index (κ3) is 3.21. The summed E-state index contributed by atoms with van der Waals surface area (Å²) in [5, 5.41) is 0. The molecule has 1 nitrogen and oxygen atoms in total. The van der Waals surface area contributed by atoms with Gasteiger partial charge in [-0.15, -0.1) is 0 Å². The fraction of sp³-hybridized carbons (Fsp3) is 1.00. The van der Waals surface area contributed by atoms with Crippen molar-refractivity contribution in [3.05, 3.63) is 0 Å². The molecule has 0 aromatic heterocycles. The molecule has 2 aliphatic rings. The van der Waals surface area contributed by atoms with Gasteiger partial charge in [-0.1, -0.05) is 39.5 Å². The fourth-order valence-corrected chi connectivity index (χ4v) is 3.12. The Hall–Kier alpha value is -0.0400. The maximum Gasteiger partial charge on any atom is 0.0606 e. The largest absolute Gasteiger partial charge is 0.375 e. The second-order valence-electron chi connectivity index (χ2n) is 5.83. The fourth-order valence-electron chi connectivity index (χ4n) is 3.12. The molecule has 2 rings (SSSR count). The topological polar surface area (TPSA) is 9.23 Å². The molecule has 1 heteroatoms. The van der Waals surface area contributed by atoms with E-state index in [0.29, 0.717) is 12.2 Å². The highest BCUT2D eigenvalue weighted by atomic mass is 16.5. The van der Waals surface area contributed by atoms with Gasteiger partial charge in [0.1, 0.15) is 0 Å². The Kier molecular flexibility index (Phi) is 4.07. The minimum Gasteiger partial charge on any atom is -0.375 e. The third-order valence-electron chi connectivity index (χ3n) is 4.30. The van der Waals surface area contributed by atoms with Gasteiger partial charge in [0, 0.05) is 0 Å². The van der Waals surface area contributed by atoms with Crippen molar-refractivity contribution in [1.82, 2.24) is 0 Å². The summed E-state index contributed by atoms with van der Waals surface area (Å²) in [5.74, 6) is 1.68. The van der Waals surface area contributed by atoms with Gasteiger partial charge in [0.15, 0.2) is 0 Å². The second kappa shape index (κ2) is 5.34. The molecule has 3 unspecified atom stereocenters. The monoisotopic (exact) mass is 210 g/mol. The van der Waals surface area contributed by atoms with Crippen LogP contribution >= 0.6 is 0 Å². The molecule has 0 heterocycles. The first-order chi connectivity index (χ1) is 7.25. The van der Waals surface area contributed by atoms with Crippen LogP contribution in [0.1, 0.15) is 65.2 Å². The van der Waals surface area contributed by atoms with Crippen molar-refractivity contribution in [2.45, 2.75) is 77.4 Å². The summed E-state index contributed by atoms with van der Waals surface area (Å²) >= 11 is 0. The predicted molar refractivity (Wildman–Crippen MR) is 63.9 cm³/mol. The number of hydrogen-bond acceptors (Lipinski definition) is 1. The lowest BCUT2D eigenvalue weighted by molar-refractivity contribution is -0.0767. The minimum absolute atomic E-state index is 0.567. The van der Waals surface area contributed by atoms with Gasteiger partial charge >= 0.3 is 0 Å². The van der Waals surface area contributed by atoms with Crippen LogP contribution in [0.25, 0.3) is 0 Å². The highest BCUT2D eigenvalue weighted by Crippen LogP contribution is 2.33. The zero-order valence-electron chi connectivity index (χ0n) is 10.4. The van der Waals surface area contributed by atoms with Crippen LogP contribution in [0, 0.1) is 11.8 Å². The van der Waals surface area contributed by atoms with E-state index in [1.165, 1.54) is 51.4 Å². The van der Waals surface area contributed by atoms with Gasteiger partial charge in [0.2, 0.25) is 0 Å². The molecule has 15 heavy (non-hydrogen) atoms. The molecule has 2 fully saturated rings. The van der Waals surface area contributed by atoms with Crippen LogP contribution in [-0.4, -0.2) is 12.2 Å². The predicted octanol–water partition coefficient (Wildman–Crippen LogP) is 4.16. The van der Waals surface area contributed by atoms with Crippen molar-refractivity contribution >= 4 is 0 Å². The highest BCUT2D eigenvalue weighted by Gasteiger charge is 2.28. The van der Waals surface area contributed by atoms with Crippen LogP contribution in [-0.2, 0) is 4.74 Å². The van der Waals surface area contributed by atoms with Gasteiger partial charge in [-0.05, 0) is 37.5 Å². The third-order valence-corrected chi connectivity index (χ3v) is 4.30. The van der Waals surface area contributed by atoms with Crippen LogP contribution in [0.15, 0.2) is 0 Å². The van der Waals surface area contributed by atoms with E-state index in [1.807, 2.05) is 0 Å². The molecule has 0 amide bonds. The molecule has 0 spiro atoms. The SMILES string of the molecule is CC1CCC(C)C(OC2CCCCC2)C1. The Morgan fingerprint density at radius 3 is 2.33 bits per heavy atom. The van der Waals surface area contributed by atoms with Gasteiger partial charge < -0.3 is 4.74 Å². The summed E-state index contributed by atoms with van der Waals surface area (Å²) in [6.45, 7) is 4.75. The molecule has 0 radical (unpaired) electrons.